The number of carbonyl (C=O) groups is 1. The first-order valence-electron chi connectivity index (χ1n) is 2.91. The summed E-state index contributed by atoms with van der Waals surface area (Å²) in [5, 5.41) is 3.01. The highest BCUT2D eigenvalue weighted by Crippen LogP contribution is 2.09. The summed E-state index contributed by atoms with van der Waals surface area (Å²) in [5.41, 5.74) is 5.06. The summed E-state index contributed by atoms with van der Waals surface area (Å²) < 4.78 is 0. The second-order valence-corrected chi connectivity index (χ2v) is 3.11. The molecular formula is C5H10N2OS. The van der Waals surface area contributed by atoms with E-state index in [1.165, 1.54) is 0 Å². The van der Waals surface area contributed by atoms with Crippen molar-refractivity contribution in [3.8, 4) is 0 Å². The van der Waals surface area contributed by atoms with Crippen molar-refractivity contribution in [3.63, 3.8) is 0 Å². The van der Waals surface area contributed by atoms with Crippen LogP contribution in [-0.4, -0.2) is 23.6 Å². The number of amides is 1. The van der Waals surface area contributed by atoms with Crippen LogP contribution in [0, 0.1) is 0 Å². The second kappa shape index (κ2) is 3.08. The van der Waals surface area contributed by atoms with Crippen molar-refractivity contribution >= 4 is 17.7 Å². The summed E-state index contributed by atoms with van der Waals surface area (Å²) in [6, 6.07) is -0.0775. The van der Waals surface area contributed by atoms with E-state index in [9.17, 15) is 4.79 Å². The van der Waals surface area contributed by atoms with Gasteiger partial charge in [-0.3, -0.25) is 10.1 Å². The molecule has 3 N–H and O–H groups in total. The highest BCUT2D eigenvalue weighted by atomic mass is 32.2. The van der Waals surface area contributed by atoms with E-state index in [0.29, 0.717) is 0 Å². The number of carbonyl (C=O) groups excluding carboxylic acids is 1. The molecule has 52 valence electrons. The zero-order chi connectivity index (χ0) is 6.69. The molecule has 0 aliphatic carbocycles. The van der Waals surface area contributed by atoms with Crippen LogP contribution in [0.1, 0.15) is 6.42 Å². The SMILES string of the molecule is NC(=O)[C@H]1CCSCN1. The Morgan fingerprint density at radius 2 is 2.56 bits per heavy atom. The van der Waals surface area contributed by atoms with Crippen LogP contribution in [0.4, 0.5) is 0 Å². The smallest absolute Gasteiger partial charge is 0.234 e. The van der Waals surface area contributed by atoms with Crippen LogP contribution in [0.15, 0.2) is 0 Å². The molecule has 1 aliphatic rings. The van der Waals surface area contributed by atoms with Gasteiger partial charge in [0.05, 0.1) is 6.04 Å². The molecule has 0 aromatic heterocycles. The average Bonchev–Trinajstić information content (AvgIpc) is 1.90. The van der Waals surface area contributed by atoms with E-state index in [2.05, 4.69) is 5.32 Å². The van der Waals surface area contributed by atoms with E-state index in [-0.39, 0.29) is 11.9 Å². The van der Waals surface area contributed by atoms with Gasteiger partial charge in [-0.15, -0.1) is 11.8 Å². The van der Waals surface area contributed by atoms with Gasteiger partial charge in [0, 0.05) is 5.88 Å². The first-order chi connectivity index (χ1) is 4.30. The summed E-state index contributed by atoms with van der Waals surface area (Å²) in [6.45, 7) is 0. The number of rotatable bonds is 1. The van der Waals surface area contributed by atoms with Crippen LogP contribution in [0.2, 0.25) is 0 Å². The summed E-state index contributed by atoms with van der Waals surface area (Å²) in [7, 11) is 0. The minimum Gasteiger partial charge on any atom is -0.368 e. The molecule has 0 bridgehead atoms. The predicted octanol–water partition coefficient (Wildman–Crippen LogP) is -0.476. The Labute approximate surface area is 58.4 Å². The molecule has 1 aliphatic heterocycles. The van der Waals surface area contributed by atoms with Gasteiger partial charge in [0.15, 0.2) is 0 Å². The molecule has 0 aromatic carbocycles. The van der Waals surface area contributed by atoms with Gasteiger partial charge in [-0.25, -0.2) is 0 Å². The highest BCUT2D eigenvalue weighted by Gasteiger charge is 2.16. The average molecular weight is 146 g/mol. The Morgan fingerprint density at radius 3 is 2.89 bits per heavy atom. The topological polar surface area (TPSA) is 55.1 Å². The normalized spacial score (nSPS) is 27.8. The Hall–Kier alpha value is -0.220. The van der Waals surface area contributed by atoms with Crippen LogP contribution in [0.5, 0.6) is 0 Å². The van der Waals surface area contributed by atoms with Crippen LogP contribution >= 0.6 is 11.8 Å². The molecule has 0 spiro atoms. The van der Waals surface area contributed by atoms with Gasteiger partial charge in [0.25, 0.3) is 0 Å². The van der Waals surface area contributed by atoms with Crippen molar-refractivity contribution in [1.29, 1.82) is 0 Å². The van der Waals surface area contributed by atoms with Crippen molar-refractivity contribution < 1.29 is 4.79 Å². The van der Waals surface area contributed by atoms with Crippen molar-refractivity contribution in [2.45, 2.75) is 12.5 Å². The van der Waals surface area contributed by atoms with Gasteiger partial charge in [0.1, 0.15) is 0 Å². The van der Waals surface area contributed by atoms with Crippen LogP contribution in [0.3, 0.4) is 0 Å². The zero-order valence-electron chi connectivity index (χ0n) is 5.09. The van der Waals surface area contributed by atoms with Gasteiger partial charge in [-0.1, -0.05) is 0 Å². The number of primary amides is 1. The molecule has 0 radical (unpaired) electrons. The fourth-order valence-electron chi connectivity index (χ4n) is 0.778. The Kier molecular flexibility index (Phi) is 2.36. The van der Waals surface area contributed by atoms with E-state index in [4.69, 9.17) is 5.73 Å². The molecule has 1 heterocycles. The molecular weight excluding hydrogens is 136 g/mol. The Bertz CT molecular complexity index is 112. The fourth-order valence-corrected chi connectivity index (χ4v) is 1.64. The molecule has 1 fully saturated rings. The first kappa shape index (κ1) is 6.89. The van der Waals surface area contributed by atoms with Gasteiger partial charge in [-0.05, 0) is 12.2 Å². The largest absolute Gasteiger partial charge is 0.368 e. The Balaban J connectivity index is 2.31. The van der Waals surface area contributed by atoms with Gasteiger partial charge in [-0.2, -0.15) is 0 Å². The molecule has 1 amide bonds. The summed E-state index contributed by atoms with van der Waals surface area (Å²) >= 11 is 1.80. The highest BCUT2D eigenvalue weighted by molar-refractivity contribution is 7.99. The quantitative estimate of drug-likeness (QED) is 0.525. The minimum absolute atomic E-state index is 0.0775. The molecule has 1 rings (SSSR count). The molecule has 1 atom stereocenters. The standard InChI is InChI=1S/C5H10N2OS/c6-5(8)4-1-2-9-3-7-4/h4,7H,1-3H2,(H2,6,8)/t4-/m1/s1. The monoisotopic (exact) mass is 146 g/mol. The lowest BCUT2D eigenvalue weighted by molar-refractivity contribution is -0.120. The maximum absolute atomic E-state index is 10.5. The van der Waals surface area contributed by atoms with Gasteiger partial charge >= 0.3 is 0 Å². The molecule has 0 saturated carbocycles. The third kappa shape index (κ3) is 1.87. The number of nitrogens with one attached hydrogen (secondary N) is 1. The number of nitrogens with two attached hydrogens (primary N) is 1. The molecule has 3 nitrogen and oxygen atoms in total. The van der Waals surface area contributed by atoms with E-state index < -0.39 is 0 Å². The number of hydrogen-bond acceptors (Lipinski definition) is 3. The van der Waals surface area contributed by atoms with Crippen molar-refractivity contribution in [2.24, 2.45) is 5.73 Å². The lowest BCUT2D eigenvalue weighted by atomic mass is 10.2. The molecule has 1 saturated heterocycles. The van der Waals surface area contributed by atoms with Crippen LogP contribution in [-0.2, 0) is 4.79 Å². The predicted molar refractivity (Wildman–Crippen MR) is 38.1 cm³/mol. The second-order valence-electron chi connectivity index (χ2n) is 2.00. The molecule has 0 aromatic rings. The van der Waals surface area contributed by atoms with E-state index in [1.54, 1.807) is 11.8 Å². The summed E-state index contributed by atoms with van der Waals surface area (Å²) in [6.07, 6.45) is 0.875. The fraction of sp³-hybridized carbons (Fsp3) is 0.800. The van der Waals surface area contributed by atoms with Gasteiger partial charge in [0.2, 0.25) is 5.91 Å². The zero-order valence-corrected chi connectivity index (χ0v) is 5.91. The molecule has 4 heteroatoms. The van der Waals surface area contributed by atoms with E-state index in [0.717, 1.165) is 18.1 Å². The van der Waals surface area contributed by atoms with Crippen molar-refractivity contribution in [1.82, 2.24) is 5.32 Å². The molecule has 0 unspecified atom stereocenters. The summed E-state index contributed by atoms with van der Waals surface area (Å²) in [4.78, 5) is 10.5. The summed E-state index contributed by atoms with van der Waals surface area (Å²) in [5.74, 6) is 1.67. The third-order valence-electron chi connectivity index (χ3n) is 1.33. The minimum atomic E-state index is -0.227. The number of thioether (sulfide) groups is 1. The van der Waals surface area contributed by atoms with E-state index in [1.807, 2.05) is 0 Å². The maximum atomic E-state index is 10.5. The third-order valence-corrected chi connectivity index (χ3v) is 2.22. The van der Waals surface area contributed by atoms with Gasteiger partial charge < -0.3 is 5.73 Å². The van der Waals surface area contributed by atoms with E-state index >= 15 is 0 Å². The van der Waals surface area contributed by atoms with Crippen LogP contribution in [0.25, 0.3) is 0 Å². The lowest BCUT2D eigenvalue weighted by Crippen LogP contribution is -2.43. The number of hydrogen-bond donors (Lipinski definition) is 2. The Morgan fingerprint density at radius 1 is 1.78 bits per heavy atom. The maximum Gasteiger partial charge on any atom is 0.234 e. The first-order valence-corrected chi connectivity index (χ1v) is 4.06. The van der Waals surface area contributed by atoms with Crippen molar-refractivity contribution in [2.75, 3.05) is 11.6 Å². The molecule has 9 heavy (non-hydrogen) atoms. The van der Waals surface area contributed by atoms with Crippen LogP contribution < -0.4 is 11.1 Å². The lowest BCUT2D eigenvalue weighted by Gasteiger charge is -2.19. The van der Waals surface area contributed by atoms with Crippen molar-refractivity contribution in [3.05, 3.63) is 0 Å².